The van der Waals surface area contributed by atoms with Crippen molar-refractivity contribution in [3.63, 3.8) is 0 Å². The fourth-order valence-electron chi connectivity index (χ4n) is 2.80. The van der Waals surface area contributed by atoms with Crippen molar-refractivity contribution < 1.29 is 0 Å². The summed E-state index contributed by atoms with van der Waals surface area (Å²) in [5.74, 6) is 0.674. The Morgan fingerprint density at radius 1 is 1.50 bits per heavy atom. The first kappa shape index (κ1) is 13.4. The van der Waals surface area contributed by atoms with Crippen LogP contribution in [0.5, 0.6) is 0 Å². The molecule has 1 saturated carbocycles. The summed E-state index contributed by atoms with van der Waals surface area (Å²) in [6.07, 6.45) is 5.48. The molecule has 1 aromatic carbocycles. The van der Waals surface area contributed by atoms with Gasteiger partial charge in [-0.25, -0.2) is 0 Å². The van der Waals surface area contributed by atoms with E-state index in [1.165, 1.54) is 12.8 Å². The first-order valence-electron chi connectivity index (χ1n) is 6.63. The maximum absolute atomic E-state index is 9.58. The molecule has 1 aliphatic rings. The topological polar surface area (TPSA) is 35.8 Å². The van der Waals surface area contributed by atoms with Crippen LogP contribution in [0.15, 0.2) is 28.7 Å². The van der Waals surface area contributed by atoms with E-state index in [1.807, 2.05) is 24.3 Å². The van der Waals surface area contributed by atoms with Crippen LogP contribution in [0.3, 0.4) is 0 Å². The second-order valence-corrected chi connectivity index (χ2v) is 6.02. The number of halogens is 1. The number of nitrogens with zero attached hydrogens (tertiary/aromatic N) is 1. The molecule has 1 N–H and O–H groups in total. The zero-order valence-electron chi connectivity index (χ0n) is 10.7. The van der Waals surface area contributed by atoms with Gasteiger partial charge in [-0.2, -0.15) is 5.26 Å². The minimum Gasteiger partial charge on any atom is -0.366 e. The number of nitrogens with one attached hydrogen (secondary N) is 1. The third-order valence-corrected chi connectivity index (χ3v) is 4.58. The molecule has 0 radical (unpaired) electrons. The number of nitriles is 1. The fourth-order valence-corrected chi connectivity index (χ4v) is 3.19. The number of hydrogen-bond acceptors (Lipinski definition) is 2. The molecule has 0 bridgehead atoms. The van der Waals surface area contributed by atoms with Gasteiger partial charge < -0.3 is 5.32 Å². The summed E-state index contributed by atoms with van der Waals surface area (Å²) >= 11 is 3.54. The summed E-state index contributed by atoms with van der Waals surface area (Å²) in [4.78, 5) is 0. The molecule has 18 heavy (non-hydrogen) atoms. The Labute approximate surface area is 118 Å². The number of anilines is 1. The lowest BCUT2D eigenvalue weighted by Gasteiger charge is -2.37. The van der Waals surface area contributed by atoms with Gasteiger partial charge in [0.15, 0.2) is 0 Å². The Morgan fingerprint density at radius 3 is 2.94 bits per heavy atom. The summed E-state index contributed by atoms with van der Waals surface area (Å²) < 4.78 is 1.03. The van der Waals surface area contributed by atoms with Gasteiger partial charge in [-0.1, -0.05) is 31.9 Å². The zero-order valence-corrected chi connectivity index (χ0v) is 12.3. The van der Waals surface area contributed by atoms with E-state index in [-0.39, 0.29) is 5.54 Å². The standard InChI is InChI=1S/C15H19BrN2/c1-2-12-6-5-9-15(10-12,11-17)18-14-8-4-3-7-13(14)16/h3-4,7-8,12,18H,2,5-6,9-10H2,1H3. The maximum Gasteiger partial charge on any atom is 0.125 e. The van der Waals surface area contributed by atoms with Crippen molar-refractivity contribution in [3.05, 3.63) is 28.7 Å². The molecular weight excluding hydrogens is 288 g/mol. The van der Waals surface area contributed by atoms with E-state index in [0.29, 0.717) is 5.92 Å². The molecule has 0 heterocycles. The Balaban J connectivity index is 2.19. The van der Waals surface area contributed by atoms with Crippen LogP contribution in [0.4, 0.5) is 5.69 Å². The highest BCUT2D eigenvalue weighted by Crippen LogP contribution is 2.37. The predicted octanol–water partition coefficient (Wildman–Crippen LogP) is 4.72. The zero-order chi connectivity index (χ0) is 13.0. The normalized spacial score (nSPS) is 27.5. The van der Waals surface area contributed by atoms with Crippen LogP contribution in [0.1, 0.15) is 39.0 Å². The number of rotatable bonds is 3. The van der Waals surface area contributed by atoms with Crippen LogP contribution in [0.25, 0.3) is 0 Å². The lowest BCUT2D eigenvalue weighted by Crippen LogP contribution is -2.41. The Hall–Kier alpha value is -1.01. The molecule has 96 valence electrons. The molecule has 2 rings (SSSR count). The SMILES string of the molecule is CCC1CCCC(C#N)(Nc2ccccc2Br)C1. The van der Waals surface area contributed by atoms with Crippen molar-refractivity contribution in [1.29, 1.82) is 5.26 Å². The molecule has 1 aliphatic carbocycles. The highest BCUT2D eigenvalue weighted by atomic mass is 79.9. The average molecular weight is 307 g/mol. The molecule has 0 aliphatic heterocycles. The molecule has 2 nitrogen and oxygen atoms in total. The predicted molar refractivity (Wildman–Crippen MR) is 78.4 cm³/mol. The lowest BCUT2D eigenvalue weighted by atomic mass is 9.75. The van der Waals surface area contributed by atoms with Crippen molar-refractivity contribution in [2.24, 2.45) is 5.92 Å². The van der Waals surface area contributed by atoms with Crippen LogP contribution in [0.2, 0.25) is 0 Å². The van der Waals surface area contributed by atoms with Crippen LogP contribution in [0, 0.1) is 17.2 Å². The smallest absolute Gasteiger partial charge is 0.125 e. The van der Waals surface area contributed by atoms with Gasteiger partial charge >= 0.3 is 0 Å². The molecule has 0 saturated heterocycles. The third-order valence-electron chi connectivity index (χ3n) is 3.89. The lowest BCUT2D eigenvalue weighted by molar-refractivity contribution is 0.283. The van der Waals surface area contributed by atoms with Crippen LogP contribution >= 0.6 is 15.9 Å². The molecule has 0 aromatic heterocycles. The quantitative estimate of drug-likeness (QED) is 0.876. The summed E-state index contributed by atoms with van der Waals surface area (Å²) in [7, 11) is 0. The first-order valence-corrected chi connectivity index (χ1v) is 7.42. The van der Waals surface area contributed by atoms with E-state index in [2.05, 4.69) is 34.2 Å². The fraction of sp³-hybridized carbons (Fsp3) is 0.533. The highest BCUT2D eigenvalue weighted by Gasteiger charge is 2.36. The molecule has 2 atom stereocenters. The van der Waals surface area contributed by atoms with Gasteiger partial charge in [0.2, 0.25) is 0 Å². The van der Waals surface area contributed by atoms with E-state index in [1.54, 1.807) is 0 Å². The maximum atomic E-state index is 9.58. The van der Waals surface area contributed by atoms with Crippen LogP contribution in [-0.4, -0.2) is 5.54 Å². The largest absolute Gasteiger partial charge is 0.366 e. The van der Waals surface area contributed by atoms with E-state index < -0.39 is 0 Å². The minimum absolute atomic E-state index is 0.386. The molecule has 2 unspecified atom stereocenters. The summed E-state index contributed by atoms with van der Waals surface area (Å²) in [5, 5.41) is 13.0. The van der Waals surface area contributed by atoms with Crippen molar-refractivity contribution in [2.75, 3.05) is 5.32 Å². The van der Waals surface area contributed by atoms with Gasteiger partial charge in [-0.15, -0.1) is 0 Å². The van der Waals surface area contributed by atoms with Crippen LogP contribution in [-0.2, 0) is 0 Å². The van der Waals surface area contributed by atoms with Gasteiger partial charge in [0.05, 0.1) is 6.07 Å². The van der Waals surface area contributed by atoms with Gasteiger partial charge in [-0.05, 0) is 53.2 Å². The number of benzene rings is 1. The molecule has 1 aromatic rings. The summed E-state index contributed by atoms with van der Waals surface area (Å²) in [6, 6.07) is 10.5. The second-order valence-electron chi connectivity index (χ2n) is 5.17. The van der Waals surface area contributed by atoms with Crippen molar-refractivity contribution in [1.82, 2.24) is 0 Å². The van der Waals surface area contributed by atoms with E-state index in [4.69, 9.17) is 0 Å². The molecule has 0 amide bonds. The van der Waals surface area contributed by atoms with E-state index in [0.717, 1.165) is 29.4 Å². The monoisotopic (exact) mass is 306 g/mol. The Morgan fingerprint density at radius 2 is 2.28 bits per heavy atom. The molecule has 3 heteroatoms. The molecular formula is C15H19BrN2. The third kappa shape index (κ3) is 2.87. The number of hydrogen-bond donors (Lipinski definition) is 1. The van der Waals surface area contributed by atoms with Gasteiger partial charge in [0.1, 0.15) is 5.54 Å². The highest BCUT2D eigenvalue weighted by molar-refractivity contribution is 9.10. The van der Waals surface area contributed by atoms with Gasteiger partial charge in [0, 0.05) is 10.2 Å². The summed E-state index contributed by atoms with van der Waals surface area (Å²) in [6.45, 7) is 2.22. The van der Waals surface area contributed by atoms with E-state index >= 15 is 0 Å². The molecule has 0 spiro atoms. The van der Waals surface area contributed by atoms with Gasteiger partial charge in [-0.3, -0.25) is 0 Å². The van der Waals surface area contributed by atoms with E-state index in [9.17, 15) is 5.26 Å². The summed E-state index contributed by atoms with van der Waals surface area (Å²) in [5.41, 5.74) is 0.638. The van der Waals surface area contributed by atoms with Crippen LogP contribution < -0.4 is 5.32 Å². The minimum atomic E-state index is -0.386. The van der Waals surface area contributed by atoms with Crippen molar-refractivity contribution in [3.8, 4) is 6.07 Å². The van der Waals surface area contributed by atoms with Crippen molar-refractivity contribution >= 4 is 21.6 Å². The number of para-hydroxylation sites is 1. The average Bonchev–Trinajstić information content (AvgIpc) is 2.42. The Kier molecular flexibility index (Phi) is 4.29. The Bertz CT molecular complexity index is 452. The van der Waals surface area contributed by atoms with Crippen molar-refractivity contribution in [2.45, 2.75) is 44.6 Å². The molecule has 1 fully saturated rings. The second kappa shape index (κ2) is 5.75. The first-order chi connectivity index (χ1) is 8.69. The van der Waals surface area contributed by atoms with Gasteiger partial charge in [0.25, 0.3) is 0 Å².